The van der Waals surface area contributed by atoms with Crippen molar-refractivity contribution in [1.29, 1.82) is 0 Å². The van der Waals surface area contributed by atoms with Gasteiger partial charge in [-0.15, -0.1) is 11.3 Å². The van der Waals surface area contributed by atoms with Crippen molar-refractivity contribution in [3.8, 4) is 11.4 Å². The van der Waals surface area contributed by atoms with Crippen LogP contribution in [0.2, 0.25) is 0 Å². The Kier molecular flexibility index (Phi) is 6.03. The SMILES string of the molecule is CCS(=O)(=O)NCC1CCC(Nc2nc(-c3ccccn3)cs2)CC1. The van der Waals surface area contributed by atoms with Gasteiger partial charge in [-0.05, 0) is 50.7 Å². The third-order valence-electron chi connectivity index (χ3n) is 4.58. The first kappa shape index (κ1) is 18.3. The standard InChI is InChI=1S/C17H24N4O2S2/c1-2-25(22,23)19-11-13-6-8-14(9-7-13)20-17-21-16(12-24-17)15-5-3-4-10-18-15/h3-5,10,12-14,19H,2,6-9,11H2,1H3,(H,20,21). The van der Waals surface area contributed by atoms with Crippen LogP contribution in [-0.4, -0.2) is 36.7 Å². The van der Waals surface area contributed by atoms with Gasteiger partial charge in [0.1, 0.15) is 5.69 Å². The van der Waals surface area contributed by atoms with Gasteiger partial charge in [-0.1, -0.05) is 6.07 Å². The molecule has 2 aromatic heterocycles. The minimum Gasteiger partial charge on any atom is -0.359 e. The van der Waals surface area contributed by atoms with E-state index < -0.39 is 10.0 Å². The molecule has 0 aliphatic heterocycles. The molecule has 0 bridgehead atoms. The van der Waals surface area contributed by atoms with E-state index in [-0.39, 0.29) is 5.75 Å². The zero-order chi connectivity index (χ0) is 17.7. The molecule has 0 saturated heterocycles. The maximum atomic E-state index is 11.5. The van der Waals surface area contributed by atoms with Crippen LogP contribution in [-0.2, 0) is 10.0 Å². The van der Waals surface area contributed by atoms with E-state index in [1.807, 2.05) is 23.6 Å². The van der Waals surface area contributed by atoms with Gasteiger partial charge >= 0.3 is 0 Å². The summed E-state index contributed by atoms with van der Waals surface area (Å²) in [6.07, 6.45) is 5.91. The van der Waals surface area contributed by atoms with Crippen LogP contribution in [0.15, 0.2) is 29.8 Å². The van der Waals surface area contributed by atoms with Crippen LogP contribution in [0, 0.1) is 5.92 Å². The zero-order valence-corrected chi connectivity index (χ0v) is 15.9. The van der Waals surface area contributed by atoms with Crippen molar-refractivity contribution in [2.24, 2.45) is 5.92 Å². The first-order chi connectivity index (χ1) is 12.1. The normalized spacial score (nSPS) is 21.2. The van der Waals surface area contributed by atoms with Crippen LogP contribution in [0.4, 0.5) is 5.13 Å². The third-order valence-corrected chi connectivity index (χ3v) is 6.72. The van der Waals surface area contributed by atoms with Crippen molar-refractivity contribution in [1.82, 2.24) is 14.7 Å². The van der Waals surface area contributed by atoms with Gasteiger partial charge in [-0.3, -0.25) is 4.98 Å². The highest BCUT2D eigenvalue weighted by molar-refractivity contribution is 7.89. The van der Waals surface area contributed by atoms with Crippen molar-refractivity contribution < 1.29 is 8.42 Å². The van der Waals surface area contributed by atoms with E-state index in [1.54, 1.807) is 24.5 Å². The van der Waals surface area contributed by atoms with Gasteiger partial charge in [0.2, 0.25) is 10.0 Å². The maximum absolute atomic E-state index is 11.5. The molecule has 8 heteroatoms. The number of rotatable bonds is 7. The molecule has 1 aliphatic rings. The van der Waals surface area contributed by atoms with E-state index in [0.717, 1.165) is 42.2 Å². The summed E-state index contributed by atoms with van der Waals surface area (Å²) in [6.45, 7) is 2.22. The zero-order valence-electron chi connectivity index (χ0n) is 14.3. The summed E-state index contributed by atoms with van der Waals surface area (Å²) in [4.78, 5) is 8.95. The first-order valence-corrected chi connectivity index (χ1v) is 11.2. The van der Waals surface area contributed by atoms with E-state index >= 15 is 0 Å². The Balaban J connectivity index is 1.47. The lowest BCUT2D eigenvalue weighted by Crippen LogP contribution is -2.34. The van der Waals surface area contributed by atoms with Crippen LogP contribution in [0.5, 0.6) is 0 Å². The fourth-order valence-corrected chi connectivity index (χ4v) is 4.48. The predicted octanol–water partition coefficient (Wildman–Crippen LogP) is 3.12. The molecule has 2 heterocycles. The number of aromatic nitrogens is 2. The van der Waals surface area contributed by atoms with Gasteiger partial charge in [0, 0.05) is 24.2 Å². The van der Waals surface area contributed by atoms with Gasteiger partial charge in [-0.2, -0.15) is 0 Å². The Bertz CT molecular complexity index is 769. The molecule has 2 N–H and O–H groups in total. The number of nitrogens with zero attached hydrogens (tertiary/aromatic N) is 2. The quantitative estimate of drug-likeness (QED) is 0.771. The number of pyridine rings is 1. The molecule has 0 atom stereocenters. The third kappa shape index (κ3) is 5.23. The molecule has 1 fully saturated rings. The lowest BCUT2D eigenvalue weighted by molar-refractivity contribution is 0.337. The first-order valence-electron chi connectivity index (χ1n) is 8.66. The molecule has 3 rings (SSSR count). The highest BCUT2D eigenvalue weighted by Crippen LogP contribution is 2.29. The second kappa shape index (κ2) is 8.25. The Labute approximate surface area is 153 Å². The van der Waals surface area contributed by atoms with Gasteiger partial charge in [0.25, 0.3) is 0 Å². The Morgan fingerprint density at radius 2 is 2.00 bits per heavy atom. The Morgan fingerprint density at radius 1 is 1.20 bits per heavy atom. The minimum atomic E-state index is -3.08. The Hall–Kier alpha value is -1.51. The number of thiazole rings is 1. The summed E-state index contributed by atoms with van der Waals surface area (Å²) in [6, 6.07) is 6.22. The van der Waals surface area contributed by atoms with Crippen LogP contribution >= 0.6 is 11.3 Å². The fourth-order valence-electron chi connectivity index (χ4n) is 3.00. The summed E-state index contributed by atoms with van der Waals surface area (Å²) < 4.78 is 25.8. The lowest BCUT2D eigenvalue weighted by atomic mass is 9.86. The number of nitrogens with one attached hydrogen (secondary N) is 2. The maximum Gasteiger partial charge on any atom is 0.211 e. The van der Waals surface area contributed by atoms with Crippen LogP contribution < -0.4 is 10.0 Å². The smallest absolute Gasteiger partial charge is 0.211 e. The van der Waals surface area contributed by atoms with Gasteiger partial charge < -0.3 is 5.32 Å². The molecule has 1 aliphatic carbocycles. The summed E-state index contributed by atoms with van der Waals surface area (Å²) in [7, 11) is -3.08. The van der Waals surface area contributed by atoms with Crippen molar-refractivity contribution >= 4 is 26.5 Å². The highest BCUT2D eigenvalue weighted by atomic mass is 32.2. The topological polar surface area (TPSA) is 84.0 Å². The molecule has 25 heavy (non-hydrogen) atoms. The minimum absolute atomic E-state index is 0.145. The average molecular weight is 381 g/mol. The number of sulfonamides is 1. The Morgan fingerprint density at radius 3 is 2.68 bits per heavy atom. The summed E-state index contributed by atoms with van der Waals surface area (Å²) in [5.41, 5.74) is 1.79. The van der Waals surface area contributed by atoms with Crippen molar-refractivity contribution in [2.75, 3.05) is 17.6 Å². The van der Waals surface area contributed by atoms with Crippen molar-refractivity contribution in [3.63, 3.8) is 0 Å². The number of anilines is 1. The van der Waals surface area contributed by atoms with Crippen LogP contribution in [0.25, 0.3) is 11.4 Å². The predicted molar refractivity (Wildman–Crippen MR) is 102 cm³/mol. The molecule has 0 unspecified atom stereocenters. The van der Waals surface area contributed by atoms with Gasteiger partial charge in [0.15, 0.2) is 5.13 Å². The fraction of sp³-hybridized carbons (Fsp3) is 0.529. The largest absolute Gasteiger partial charge is 0.359 e. The molecule has 0 amide bonds. The monoisotopic (exact) mass is 380 g/mol. The van der Waals surface area contributed by atoms with Crippen LogP contribution in [0.3, 0.4) is 0 Å². The molecule has 6 nitrogen and oxygen atoms in total. The summed E-state index contributed by atoms with van der Waals surface area (Å²) >= 11 is 1.60. The van der Waals surface area contributed by atoms with E-state index in [0.29, 0.717) is 18.5 Å². The molecular formula is C17H24N4O2S2. The molecule has 2 aromatic rings. The molecule has 0 aromatic carbocycles. The summed E-state index contributed by atoms with van der Waals surface area (Å²) in [5.74, 6) is 0.576. The van der Waals surface area contributed by atoms with E-state index in [1.165, 1.54) is 0 Å². The molecule has 0 radical (unpaired) electrons. The highest BCUT2D eigenvalue weighted by Gasteiger charge is 2.23. The van der Waals surface area contributed by atoms with Crippen molar-refractivity contribution in [3.05, 3.63) is 29.8 Å². The van der Waals surface area contributed by atoms with Crippen molar-refractivity contribution in [2.45, 2.75) is 38.6 Å². The van der Waals surface area contributed by atoms with Gasteiger partial charge in [0.05, 0.1) is 11.4 Å². The van der Waals surface area contributed by atoms with E-state index in [9.17, 15) is 8.42 Å². The van der Waals surface area contributed by atoms with Gasteiger partial charge in [-0.25, -0.2) is 18.1 Å². The molecule has 1 saturated carbocycles. The summed E-state index contributed by atoms with van der Waals surface area (Å²) in [5, 5.41) is 6.47. The molecular weight excluding hydrogens is 356 g/mol. The number of hydrogen-bond acceptors (Lipinski definition) is 6. The second-order valence-corrected chi connectivity index (χ2v) is 9.32. The second-order valence-electron chi connectivity index (χ2n) is 6.37. The van der Waals surface area contributed by atoms with E-state index in [2.05, 4.69) is 20.0 Å². The molecule has 136 valence electrons. The lowest BCUT2D eigenvalue weighted by Gasteiger charge is -2.29. The number of hydrogen-bond donors (Lipinski definition) is 2. The average Bonchev–Trinajstić information content (AvgIpc) is 3.10. The molecule has 0 spiro atoms. The van der Waals surface area contributed by atoms with E-state index in [4.69, 9.17) is 0 Å². The van der Waals surface area contributed by atoms with Crippen LogP contribution in [0.1, 0.15) is 32.6 Å².